The van der Waals surface area contributed by atoms with Crippen molar-refractivity contribution in [1.82, 2.24) is 0 Å². The van der Waals surface area contributed by atoms with Gasteiger partial charge < -0.3 is 4.74 Å². The largest absolute Gasteiger partial charge is 0.466 e. The van der Waals surface area contributed by atoms with Gasteiger partial charge in [0.1, 0.15) is 12.2 Å². The Morgan fingerprint density at radius 1 is 1.50 bits per heavy atom. The highest BCUT2D eigenvalue weighted by molar-refractivity contribution is 6.19. The fourth-order valence-corrected chi connectivity index (χ4v) is 0.787. The number of carbonyl (C=O) groups excluding carboxylic acids is 2. The Kier molecular flexibility index (Phi) is 5.72. The van der Waals surface area contributed by atoms with Gasteiger partial charge in [-0.3, -0.25) is 9.59 Å². The minimum Gasteiger partial charge on any atom is -0.466 e. The Morgan fingerprint density at radius 2 is 2.08 bits per heavy atom. The summed E-state index contributed by atoms with van der Waals surface area (Å²) in [6.07, 6.45) is -0.165. The summed E-state index contributed by atoms with van der Waals surface area (Å²) in [6, 6.07) is 0. The second-order valence-corrected chi connectivity index (χ2v) is 2.81. The van der Waals surface area contributed by atoms with Crippen molar-refractivity contribution >= 4 is 23.4 Å². The third-order valence-electron chi connectivity index (χ3n) is 1.40. The van der Waals surface area contributed by atoms with Crippen molar-refractivity contribution in [3.05, 3.63) is 0 Å². The summed E-state index contributed by atoms with van der Waals surface area (Å²) >= 11 is 5.43. The van der Waals surface area contributed by atoms with E-state index in [0.717, 1.165) is 0 Å². The van der Waals surface area contributed by atoms with Crippen molar-refractivity contribution in [1.29, 1.82) is 0 Å². The number of hydrogen-bond donors (Lipinski definition) is 0. The molecule has 0 heterocycles. The van der Waals surface area contributed by atoms with Crippen LogP contribution >= 0.6 is 11.6 Å². The number of ketones is 1. The van der Waals surface area contributed by atoms with Crippen molar-refractivity contribution in [2.45, 2.75) is 20.3 Å². The van der Waals surface area contributed by atoms with Gasteiger partial charge in [-0.1, -0.05) is 6.92 Å². The van der Waals surface area contributed by atoms with Crippen LogP contribution in [0.5, 0.6) is 0 Å². The lowest BCUT2D eigenvalue weighted by Crippen LogP contribution is -2.18. The number of rotatable bonds is 5. The van der Waals surface area contributed by atoms with E-state index in [1.54, 1.807) is 13.8 Å². The first-order valence-electron chi connectivity index (χ1n) is 3.86. The van der Waals surface area contributed by atoms with E-state index in [-0.39, 0.29) is 24.0 Å². The average molecular weight is 193 g/mol. The van der Waals surface area contributed by atoms with Crippen molar-refractivity contribution in [2.75, 3.05) is 12.5 Å². The molecule has 0 saturated carbocycles. The molecular formula is C8H13ClO3. The molecule has 0 bridgehead atoms. The van der Waals surface area contributed by atoms with E-state index in [2.05, 4.69) is 4.74 Å². The van der Waals surface area contributed by atoms with Gasteiger partial charge in [0, 0.05) is 11.8 Å². The lowest BCUT2D eigenvalue weighted by molar-refractivity contribution is -0.146. The van der Waals surface area contributed by atoms with Gasteiger partial charge in [0.15, 0.2) is 0 Å². The van der Waals surface area contributed by atoms with Crippen molar-refractivity contribution in [3.8, 4) is 0 Å². The molecule has 1 atom stereocenters. The van der Waals surface area contributed by atoms with Crippen molar-refractivity contribution in [3.63, 3.8) is 0 Å². The van der Waals surface area contributed by atoms with Crippen LogP contribution in [0.3, 0.4) is 0 Å². The van der Waals surface area contributed by atoms with Crippen LogP contribution in [0.1, 0.15) is 20.3 Å². The monoisotopic (exact) mass is 192 g/mol. The molecule has 12 heavy (non-hydrogen) atoms. The van der Waals surface area contributed by atoms with Gasteiger partial charge in [-0.25, -0.2) is 0 Å². The van der Waals surface area contributed by atoms with Crippen LogP contribution in [0.2, 0.25) is 0 Å². The molecule has 70 valence electrons. The minimum atomic E-state index is -0.473. The summed E-state index contributed by atoms with van der Waals surface area (Å²) < 4.78 is 4.60. The molecule has 0 saturated heterocycles. The van der Waals surface area contributed by atoms with Gasteiger partial charge in [-0.2, -0.15) is 0 Å². The number of carbonyl (C=O) groups is 2. The molecule has 0 spiro atoms. The summed E-state index contributed by atoms with van der Waals surface area (Å²) in [5.74, 6) is -0.655. The Morgan fingerprint density at radius 3 is 2.50 bits per heavy atom. The zero-order valence-corrected chi connectivity index (χ0v) is 8.06. The van der Waals surface area contributed by atoms with Gasteiger partial charge in [0.05, 0.1) is 6.61 Å². The van der Waals surface area contributed by atoms with Crippen molar-refractivity contribution in [2.24, 2.45) is 5.92 Å². The minimum absolute atomic E-state index is 0.163. The molecule has 0 aliphatic heterocycles. The maximum Gasteiger partial charge on any atom is 0.313 e. The lowest BCUT2D eigenvalue weighted by atomic mass is 10.1. The Hall–Kier alpha value is -0.570. The number of Topliss-reactive ketones (excluding diaryl/α,β-unsaturated/α-hetero) is 1. The maximum absolute atomic E-state index is 11.1. The molecule has 0 N–H and O–H groups in total. The number of halogens is 1. The number of esters is 1. The normalized spacial score (nSPS) is 12.2. The molecule has 4 heteroatoms. The van der Waals surface area contributed by atoms with E-state index in [9.17, 15) is 9.59 Å². The summed E-state index contributed by atoms with van der Waals surface area (Å²) in [7, 11) is 0. The third-order valence-corrected chi connectivity index (χ3v) is 1.87. The van der Waals surface area contributed by atoms with Crippen LogP contribution in [-0.2, 0) is 14.3 Å². The smallest absolute Gasteiger partial charge is 0.313 e. The van der Waals surface area contributed by atoms with Gasteiger partial charge in [-0.15, -0.1) is 11.6 Å². The van der Waals surface area contributed by atoms with Crippen LogP contribution in [-0.4, -0.2) is 24.2 Å². The highest BCUT2D eigenvalue weighted by Gasteiger charge is 2.16. The first kappa shape index (κ1) is 11.4. The topological polar surface area (TPSA) is 43.4 Å². The van der Waals surface area contributed by atoms with E-state index >= 15 is 0 Å². The van der Waals surface area contributed by atoms with E-state index in [1.165, 1.54) is 0 Å². The zero-order valence-electron chi connectivity index (χ0n) is 7.30. The van der Waals surface area contributed by atoms with E-state index < -0.39 is 5.97 Å². The first-order valence-corrected chi connectivity index (χ1v) is 4.39. The average Bonchev–Trinajstić information content (AvgIpc) is 2.03. The summed E-state index contributed by atoms with van der Waals surface area (Å²) in [6.45, 7) is 3.70. The standard InChI is InChI=1S/C8H13ClO3/c1-3-12-8(11)4-7(10)6(2)5-9/h6H,3-5H2,1-2H3. The quantitative estimate of drug-likeness (QED) is 0.376. The van der Waals surface area contributed by atoms with Gasteiger partial charge in [-0.05, 0) is 6.92 Å². The molecule has 0 aliphatic rings. The second-order valence-electron chi connectivity index (χ2n) is 2.50. The van der Waals surface area contributed by atoms with Crippen LogP contribution < -0.4 is 0 Å². The SMILES string of the molecule is CCOC(=O)CC(=O)C(C)CCl. The number of alkyl halides is 1. The van der Waals surface area contributed by atoms with E-state index in [4.69, 9.17) is 11.6 Å². The van der Waals surface area contributed by atoms with Crippen molar-refractivity contribution < 1.29 is 14.3 Å². The molecule has 0 aromatic rings. The zero-order chi connectivity index (χ0) is 9.56. The van der Waals surface area contributed by atoms with E-state index in [0.29, 0.717) is 6.61 Å². The van der Waals surface area contributed by atoms with Gasteiger partial charge >= 0.3 is 5.97 Å². The van der Waals surface area contributed by atoms with Crippen LogP contribution in [0.15, 0.2) is 0 Å². The molecular weight excluding hydrogens is 180 g/mol. The fourth-order valence-electron chi connectivity index (χ4n) is 0.615. The number of ether oxygens (including phenoxy) is 1. The predicted octanol–water partition coefficient (Wildman–Crippen LogP) is 1.38. The van der Waals surface area contributed by atoms with Crippen LogP contribution in [0.25, 0.3) is 0 Å². The second kappa shape index (κ2) is 6.00. The summed E-state index contributed by atoms with van der Waals surface area (Å²) in [4.78, 5) is 21.9. The highest BCUT2D eigenvalue weighted by atomic mass is 35.5. The highest BCUT2D eigenvalue weighted by Crippen LogP contribution is 2.03. The van der Waals surface area contributed by atoms with E-state index in [1.807, 2.05) is 0 Å². The molecule has 0 amide bonds. The Balaban J connectivity index is 3.76. The molecule has 0 rings (SSSR count). The Bertz CT molecular complexity index is 168. The first-order chi connectivity index (χ1) is 5.61. The van der Waals surface area contributed by atoms with Gasteiger partial charge in [0.2, 0.25) is 0 Å². The molecule has 0 aromatic carbocycles. The summed E-state index contributed by atoms with van der Waals surface area (Å²) in [5, 5.41) is 0. The lowest BCUT2D eigenvalue weighted by Gasteiger charge is -2.05. The summed E-state index contributed by atoms with van der Waals surface area (Å²) in [5.41, 5.74) is 0. The molecule has 0 fully saturated rings. The van der Waals surface area contributed by atoms with Crippen LogP contribution in [0.4, 0.5) is 0 Å². The fraction of sp³-hybridized carbons (Fsp3) is 0.750. The predicted molar refractivity (Wildman–Crippen MR) is 46.1 cm³/mol. The van der Waals surface area contributed by atoms with Gasteiger partial charge in [0.25, 0.3) is 0 Å². The molecule has 1 unspecified atom stereocenters. The third kappa shape index (κ3) is 4.34. The molecule has 3 nitrogen and oxygen atoms in total. The molecule has 0 aromatic heterocycles. The maximum atomic E-state index is 11.1. The molecule has 0 radical (unpaired) electrons. The number of hydrogen-bond acceptors (Lipinski definition) is 3. The van der Waals surface area contributed by atoms with Crippen LogP contribution in [0, 0.1) is 5.92 Å². The molecule has 0 aliphatic carbocycles. The Labute approximate surface area is 77.0 Å².